The van der Waals surface area contributed by atoms with Crippen LogP contribution in [0.25, 0.3) is 0 Å². The summed E-state index contributed by atoms with van der Waals surface area (Å²) >= 11 is 0. The Balaban J connectivity index is 1.84. The summed E-state index contributed by atoms with van der Waals surface area (Å²) in [5.74, 6) is 0.966. The third-order valence-electron chi connectivity index (χ3n) is 3.92. The lowest BCUT2D eigenvalue weighted by Gasteiger charge is -2.27. The molecule has 2 fully saturated rings. The predicted octanol–water partition coefficient (Wildman–Crippen LogP) is 1.86. The average molecular weight is 196 g/mol. The molecule has 2 nitrogen and oxygen atoms in total. The van der Waals surface area contributed by atoms with Crippen molar-refractivity contribution in [1.29, 1.82) is 0 Å². The Morgan fingerprint density at radius 1 is 1.07 bits per heavy atom. The topological polar surface area (TPSA) is 15.3 Å². The molecular formula is C12H24N2. The summed E-state index contributed by atoms with van der Waals surface area (Å²) in [5, 5.41) is 3.57. The van der Waals surface area contributed by atoms with Crippen LogP contribution in [0.1, 0.15) is 39.5 Å². The summed E-state index contributed by atoms with van der Waals surface area (Å²) in [5.41, 5.74) is 0. The van der Waals surface area contributed by atoms with E-state index in [9.17, 15) is 0 Å². The second-order valence-electron chi connectivity index (χ2n) is 5.25. The largest absolute Gasteiger partial charge is 0.313 e. The van der Waals surface area contributed by atoms with Gasteiger partial charge in [0.05, 0.1) is 0 Å². The number of hydrogen-bond acceptors (Lipinski definition) is 2. The van der Waals surface area contributed by atoms with Crippen LogP contribution in [0.5, 0.6) is 0 Å². The molecule has 3 atom stereocenters. The number of nitrogens with one attached hydrogen (secondary N) is 1. The fourth-order valence-corrected chi connectivity index (χ4v) is 2.90. The second kappa shape index (κ2) is 4.63. The fourth-order valence-electron chi connectivity index (χ4n) is 2.90. The van der Waals surface area contributed by atoms with Gasteiger partial charge in [-0.2, -0.15) is 0 Å². The van der Waals surface area contributed by atoms with Crippen molar-refractivity contribution in [2.45, 2.75) is 51.6 Å². The molecule has 2 rings (SSSR count). The third-order valence-corrected chi connectivity index (χ3v) is 3.92. The molecule has 1 N–H and O–H groups in total. The molecule has 82 valence electrons. The van der Waals surface area contributed by atoms with E-state index in [1.165, 1.54) is 45.3 Å². The molecule has 0 radical (unpaired) electrons. The van der Waals surface area contributed by atoms with Gasteiger partial charge in [0.15, 0.2) is 0 Å². The number of rotatable bonds is 1. The summed E-state index contributed by atoms with van der Waals surface area (Å²) < 4.78 is 0. The van der Waals surface area contributed by atoms with Gasteiger partial charge in [-0.1, -0.05) is 6.92 Å². The minimum atomic E-state index is 0.721. The summed E-state index contributed by atoms with van der Waals surface area (Å²) in [6, 6.07) is 1.62. The third kappa shape index (κ3) is 2.48. The Morgan fingerprint density at radius 2 is 1.93 bits per heavy atom. The van der Waals surface area contributed by atoms with Crippen molar-refractivity contribution in [3.05, 3.63) is 0 Å². The highest BCUT2D eigenvalue weighted by Gasteiger charge is 2.27. The first-order valence-electron chi connectivity index (χ1n) is 6.23. The quantitative estimate of drug-likeness (QED) is 0.688. The van der Waals surface area contributed by atoms with Gasteiger partial charge in [0, 0.05) is 25.2 Å². The van der Waals surface area contributed by atoms with Crippen LogP contribution in [0, 0.1) is 5.92 Å². The lowest BCUT2D eigenvalue weighted by atomic mass is 10.1. The van der Waals surface area contributed by atoms with Crippen molar-refractivity contribution < 1.29 is 0 Å². The van der Waals surface area contributed by atoms with Crippen LogP contribution in [-0.2, 0) is 0 Å². The van der Waals surface area contributed by atoms with Gasteiger partial charge in [-0.3, -0.25) is 4.90 Å². The number of hydrogen-bond donors (Lipinski definition) is 1. The molecule has 1 aliphatic carbocycles. The molecule has 2 aliphatic rings. The lowest BCUT2D eigenvalue weighted by molar-refractivity contribution is 0.207. The van der Waals surface area contributed by atoms with E-state index in [1.807, 2.05) is 0 Å². The van der Waals surface area contributed by atoms with Crippen LogP contribution in [0.4, 0.5) is 0 Å². The minimum absolute atomic E-state index is 0.721. The Morgan fingerprint density at radius 3 is 2.64 bits per heavy atom. The minimum Gasteiger partial charge on any atom is -0.313 e. The maximum Gasteiger partial charge on any atom is 0.0110 e. The van der Waals surface area contributed by atoms with Crippen LogP contribution in [0.3, 0.4) is 0 Å². The van der Waals surface area contributed by atoms with E-state index in [0.717, 1.165) is 18.0 Å². The number of nitrogens with zero attached hydrogens (tertiary/aromatic N) is 1. The Labute approximate surface area is 88.1 Å². The van der Waals surface area contributed by atoms with E-state index in [1.54, 1.807) is 0 Å². The van der Waals surface area contributed by atoms with Crippen molar-refractivity contribution >= 4 is 0 Å². The standard InChI is InChI=1S/C12H24N2/c1-10-3-4-12(9-10)14-7-5-11(2)13-6-8-14/h10-13H,3-9H2,1-2H3. The Bertz CT molecular complexity index is 181. The molecule has 0 amide bonds. The van der Waals surface area contributed by atoms with E-state index in [0.29, 0.717) is 0 Å². The highest BCUT2D eigenvalue weighted by atomic mass is 15.2. The normalized spacial score (nSPS) is 41.1. The summed E-state index contributed by atoms with van der Waals surface area (Å²) in [6.45, 7) is 8.47. The van der Waals surface area contributed by atoms with Crippen molar-refractivity contribution in [3.8, 4) is 0 Å². The summed E-state index contributed by atoms with van der Waals surface area (Å²) in [4.78, 5) is 2.72. The maximum absolute atomic E-state index is 3.57. The monoisotopic (exact) mass is 196 g/mol. The molecule has 1 heterocycles. The van der Waals surface area contributed by atoms with Crippen LogP contribution in [-0.4, -0.2) is 36.6 Å². The Hall–Kier alpha value is -0.0800. The zero-order valence-corrected chi connectivity index (χ0v) is 9.63. The van der Waals surface area contributed by atoms with Crippen molar-refractivity contribution in [2.24, 2.45) is 5.92 Å². The van der Waals surface area contributed by atoms with Crippen molar-refractivity contribution in [2.75, 3.05) is 19.6 Å². The van der Waals surface area contributed by atoms with E-state index in [-0.39, 0.29) is 0 Å². The average Bonchev–Trinajstić information content (AvgIpc) is 2.46. The van der Waals surface area contributed by atoms with Crippen molar-refractivity contribution in [1.82, 2.24) is 10.2 Å². The first-order valence-corrected chi connectivity index (χ1v) is 6.23. The van der Waals surface area contributed by atoms with Gasteiger partial charge in [0.1, 0.15) is 0 Å². The van der Waals surface area contributed by atoms with Crippen LogP contribution >= 0.6 is 0 Å². The molecule has 0 aromatic carbocycles. The first-order chi connectivity index (χ1) is 6.75. The highest BCUT2D eigenvalue weighted by Crippen LogP contribution is 2.29. The second-order valence-corrected chi connectivity index (χ2v) is 5.25. The molecule has 3 unspecified atom stereocenters. The molecule has 0 spiro atoms. The van der Waals surface area contributed by atoms with Gasteiger partial charge in [-0.25, -0.2) is 0 Å². The zero-order chi connectivity index (χ0) is 9.97. The molecule has 1 saturated carbocycles. The molecular weight excluding hydrogens is 172 g/mol. The summed E-state index contributed by atoms with van der Waals surface area (Å²) in [6.07, 6.45) is 5.65. The first kappa shape index (κ1) is 10.4. The van der Waals surface area contributed by atoms with E-state index < -0.39 is 0 Å². The van der Waals surface area contributed by atoms with Crippen molar-refractivity contribution in [3.63, 3.8) is 0 Å². The molecule has 14 heavy (non-hydrogen) atoms. The van der Waals surface area contributed by atoms with Gasteiger partial charge in [-0.15, -0.1) is 0 Å². The molecule has 1 aliphatic heterocycles. The van der Waals surface area contributed by atoms with E-state index in [4.69, 9.17) is 0 Å². The molecule has 0 aromatic rings. The fraction of sp³-hybridized carbons (Fsp3) is 1.00. The zero-order valence-electron chi connectivity index (χ0n) is 9.63. The molecule has 0 bridgehead atoms. The maximum atomic E-state index is 3.57. The predicted molar refractivity (Wildman–Crippen MR) is 60.5 cm³/mol. The van der Waals surface area contributed by atoms with Crippen LogP contribution in [0.15, 0.2) is 0 Å². The molecule has 0 aromatic heterocycles. The van der Waals surface area contributed by atoms with Gasteiger partial charge < -0.3 is 5.32 Å². The summed E-state index contributed by atoms with van der Waals surface area (Å²) in [7, 11) is 0. The molecule has 2 heteroatoms. The van der Waals surface area contributed by atoms with E-state index in [2.05, 4.69) is 24.1 Å². The lowest BCUT2D eigenvalue weighted by Crippen LogP contribution is -2.36. The van der Waals surface area contributed by atoms with Gasteiger partial charge >= 0.3 is 0 Å². The van der Waals surface area contributed by atoms with Gasteiger partial charge in [0.25, 0.3) is 0 Å². The van der Waals surface area contributed by atoms with Crippen LogP contribution in [0.2, 0.25) is 0 Å². The van der Waals surface area contributed by atoms with Gasteiger partial charge in [0.2, 0.25) is 0 Å². The Kier molecular flexibility index (Phi) is 3.45. The van der Waals surface area contributed by atoms with Gasteiger partial charge in [-0.05, 0) is 45.1 Å². The van der Waals surface area contributed by atoms with E-state index >= 15 is 0 Å². The SMILES string of the molecule is CC1CCC(N2CCNC(C)CC2)C1. The smallest absolute Gasteiger partial charge is 0.0110 e. The van der Waals surface area contributed by atoms with Crippen LogP contribution < -0.4 is 5.32 Å². The highest BCUT2D eigenvalue weighted by molar-refractivity contribution is 4.83. The molecule has 1 saturated heterocycles.